The Hall–Kier alpha value is -0.570. The lowest BCUT2D eigenvalue weighted by molar-refractivity contribution is -0.137. The van der Waals surface area contributed by atoms with E-state index in [2.05, 4.69) is 20.8 Å². The van der Waals surface area contributed by atoms with E-state index in [0.717, 1.165) is 6.42 Å². The largest absolute Gasteiger partial charge is 0.481 e. The molecule has 0 aliphatic heterocycles. The average Bonchev–Trinajstić information content (AvgIpc) is 1.79. The minimum atomic E-state index is -0.764. The van der Waals surface area contributed by atoms with Gasteiger partial charge in [0.25, 0.3) is 0 Å². The molecule has 0 aliphatic carbocycles. The second kappa shape index (κ2) is 4.45. The van der Waals surface area contributed by atoms with Gasteiger partial charge >= 0.3 is 5.97 Å². The van der Waals surface area contributed by atoms with Crippen LogP contribution in [0.4, 0.5) is 0 Å². The molecule has 0 aromatic heterocycles. The molecule has 0 heterocycles. The maximum atomic E-state index is 10.2. The van der Waals surface area contributed by atoms with Crippen LogP contribution in [-0.2, 0) is 4.79 Å². The van der Waals surface area contributed by atoms with Crippen LogP contribution in [-0.4, -0.2) is 17.1 Å². The molecule has 0 spiro atoms. The zero-order chi connectivity index (χ0) is 9.78. The van der Waals surface area contributed by atoms with Gasteiger partial charge in [-0.3, -0.25) is 4.79 Å². The highest BCUT2D eigenvalue weighted by Gasteiger charge is 2.15. The summed E-state index contributed by atoms with van der Waals surface area (Å²) in [6.45, 7) is 6.31. The fourth-order valence-electron chi connectivity index (χ4n) is 1.20. The SMILES string of the molecule is CC(C)(C)C[C@@H](N)CCC(=O)O. The number of carboxylic acids is 1. The van der Waals surface area contributed by atoms with Crippen molar-refractivity contribution in [2.45, 2.75) is 46.1 Å². The molecule has 3 nitrogen and oxygen atoms in total. The van der Waals surface area contributed by atoms with Crippen LogP contribution < -0.4 is 5.73 Å². The van der Waals surface area contributed by atoms with Crippen molar-refractivity contribution in [3.05, 3.63) is 0 Å². The number of carboxylic acid groups (broad SMARTS) is 1. The highest BCUT2D eigenvalue weighted by atomic mass is 16.4. The number of rotatable bonds is 4. The molecule has 3 heteroatoms. The molecule has 0 bridgehead atoms. The molecule has 0 aromatic carbocycles. The van der Waals surface area contributed by atoms with Gasteiger partial charge in [0.05, 0.1) is 0 Å². The molecule has 0 fully saturated rings. The lowest BCUT2D eigenvalue weighted by atomic mass is 9.87. The predicted octanol–water partition coefficient (Wildman–Crippen LogP) is 1.61. The van der Waals surface area contributed by atoms with E-state index < -0.39 is 5.97 Å². The first-order valence-electron chi connectivity index (χ1n) is 4.28. The third kappa shape index (κ3) is 7.54. The van der Waals surface area contributed by atoms with Crippen LogP contribution in [0.25, 0.3) is 0 Å². The van der Waals surface area contributed by atoms with Gasteiger partial charge in [-0.05, 0) is 18.3 Å². The van der Waals surface area contributed by atoms with Crippen molar-refractivity contribution >= 4 is 5.97 Å². The summed E-state index contributed by atoms with van der Waals surface area (Å²) >= 11 is 0. The topological polar surface area (TPSA) is 63.3 Å². The van der Waals surface area contributed by atoms with Crippen LogP contribution in [0.2, 0.25) is 0 Å². The van der Waals surface area contributed by atoms with Gasteiger partial charge in [-0.25, -0.2) is 0 Å². The van der Waals surface area contributed by atoms with Crippen LogP contribution >= 0.6 is 0 Å². The van der Waals surface area contributed by atoms with Crippen molar-refractivity contribution in [3.63, 3.8) is 0 Å². The van der Waals surface area contributed by atoms with Gasteiger partial charge in [0.15, 0.2) is 0 Å². The molecule has 0 saturated heterocycles. The van der Waals surface area contributed by atoms with Crippen LogP contribution in [0.1, 0.15) is 40.0 Å². The van der Waals surface area contributed by atoms with Crippen molar-refractivity contribution in [3.8, 4) is 0 Å². The van der Waals surface area contributed by atoms with Gasteiger partial charge in [0.1, 0.15) is 0 Å². The Bertz CT molecular complexity index is 149. The molecule has 0 saturated carbocycles. The maximum Gasteiger partial charge on any atom is 0.303 e. The van der Waals surface area contributed by atoms with Crippen LogP contribution in [0.5, 0.6) is 0 Å². The monoisotopic (exact) mass is 173 g/mol. The molecule has 0 amide bonds. The van der Waals surface area contributed by atoms with E-state index in [0.29, 0.717) is 6.42 Å². The Balaban J connectivity index is 3.60. The number of hydrogen-bond acceptors (Lipinski definition) is 2. The average molecular weight is 173 g/mol. The van der Waals surface area contributed by atoms with Crippen molar-refractivity contribution in [1.82, 2.24) is 0 Å². The molecule has 0 unspecified atom stereocenters. The van der Waals surface area contributed by atoms with E-state index in [-0.39, 0.29) is 17.9 Å². The minimum absolute atomic E-state index is 0.0149. The van der Waals surface area contributed by atoms with E-state index in [1.54, 1.807) is 0 Å². The summed E-state index contributed by atoms with van der Waals surface area (Å²) < 4.78 is 0. The normalized spacial score (nSPS) is 14.3. The molecule has 0 rings (SSSR count). The second-order valence-electron chi connectivity index (χ2n) is 4.46. The van der Waals surface area contributed by atoms with Gasteiger partial charge in [0.2, 0.25) is 0 Å². The fraction of sp³-hybridized carbons (Fsp3) is 0.889. The molecule has 12 heavy (non-hydrogen) atoms. The number of nitrogens with two attached hydrogens (primary N) is 1. The van der Waals surface area contributed by atoms with E-state index >= 15 is 0 Å². The van der Waals surface area contributed by atoms with Crippen molar-refractivity contribution in [2.75, 3.05) is 0 Å². The van der Waals surface area contributed by atoms with Crippen molar-refractivity contribution in [1.29, 1.82) is 0 Å². The Kier molecular flexibility index (Phi) is 4.24. The van der Waals surface area contributed by atoms with Gasteiger partial charge in [-0.2, -0.15) is 0 Å². The summed E-state index contributed by atoms with van der Waals surface area (Å²) in [6, 6.07) is 0.0149. The van der Waals surface area contributed by atoms with Crippen molar-refractivity contribution < 1.29 is 9.90 Å². The predicted molar refractivity (Wildman–Crippen MR) is 48.9 cm³/mol. The summed E-state index contributed by atoms with van der Waals surface area (Å²) in [4.78, 5) is 10.2. The third-order valence-corrected chi connectivity index (χ3v) is 1.60. The molecule has 0 radical (unpaired) electrons. The van der Waals surface area contributed by atoms with E-state index in [4.69, 9.17) is 10.8 Å². The molecule has 0 aromatic rings. The summed E-state index contributed by atoms with van der Waals surface area (Å²) in [7, 11) is 0. The quantitative estimate of drug-likeness (QED) is 0.679. The Morgan fingerprint density at radius 3 is 2.33 bits per heavy atom. The van der Waals surface area contributed by atoms with Crippen LogP contribution in [0, 0.1) is 5.41 Å². The van der Waals surface area contributed by atoms with Gasteiger partial charge in [0, 0.05) is 12.5 Å². The summed E-state index contributed by atoms with van der Waals surface area (Å²) in [5.41, 5.74) is 5.94. The highest BCUT2D eigenvalue weighted by molar-refractivity contribution is 5.66. The second-order valence-corrected chi connectivity index (χ2v) is 4.46. The minimum Gasteiger partial charge on any atom is -0.481 e. The highest BCUT2D eigenvalue weighted by Crippen LogP contribution is 2.21. The number of carbonyl (C=O) groups is 1. The lowest BCUT2D eigenvalue weighted by Gasteiger charge is -2.22. The molecular formula is C9H19NO2. The van der Waals surface area contributed by atoms with Crippen LogP contribution in [0.3, 0.4) is 0 Å². The van der Waals surface area contributed by atoms with Crippen molar-refractivity contribution in [2.24, 2.45) is 11.1 Å². The zero-order valence-electron chi connectivity index (χ0n) is 8.13. The first kappa shape index (κ1) is 11.4. The van der Waals surface area contributed by atoms with E-state index in [1.165, 1.54) is 0 Å². The summed E-state index contributed by atoms with van der Waals surface area (Å²) in [6.07, 6.45) is 1.63. The van der Waals surface area contributed by atoms with Crippen LogP contribution in [0.15, 0.2) is 0 Å². The molecule has 0 aliphatic rings. The smallest absolute Gasteiger partial charge is 0.303 e. The lowest BCUT2D eigenvalue weighted by Crippen LogP contribution is -2.26. The maximum absolute atomic E-state index is 10.2. The number of hydrogen-bond donors (Lipinski definition) is 2. The first-order valence-corrected chi connectivity index (χ1v) is 4.28. The zero-order valence-corrected chi connectivity index (χ0v) is 8.13. The number of aliphatic carboxylic acids is 1. The van der Waals surface area contributed by atoms with Gasteiger partial charge in [-0.1, -0.05) is 20.8 Å². The Morgan fingerprint density at radius 2 is 2.00 bits per heavy atom. The third-order valence-electron chi connectivity index (χ3n) is 1.60. The summed E-state index contributed by atoms with van der Waals surface area (Å²) in [5, 5.41) is 8.41. The Morgan fingerprint density at radius 1 is 1.50 bits per heavy atom. The molecule has 72 valence electrons. The first-order chi connectivity index (χ1) is 5.31. The summed E-state index contributed by atoms with van der Waals surface area (Å²) in [5.74, 6) is -0.764. The van der Waals surface area contributed by atoms with E-state index in [9.17, 15) is 4.79 Å². The molecule has 1 atom stereocenters. The standard InChI is InChI=1S/C9H19NO2/c1-9(2,3)6-7(10)4-5-8(11)12/h7H,4-6,10H2,1-3H3,(H,11,12)/t7-/m0/s1. The fourth-order valence-corrected chi connectivity index (χ4v) is 1.20. The molecule has 3 N–H and O–H groups in total. The van der Waals surface area contributed by atoms with Gasteiger partial charge in [-0.15, -0.1) is 0 Å². The van der Waals surface area contributed by atoms with Gasteiger partial charge < -0.3 is 10.8 Å². The Labute approximate surface area is 74.0 Å². The molecular weight excluding hydrogens is 154 g/mol. The van der Waals surface area contributed by atoms with E-state index in [1.807, 2.05) is 0 Å².